The number of nitrogens with zero attached hydrogens (tertiary/aromatic N) is 1. The highest BCUT2D eigenvalue weighted by Gasteiger charge is 2.06. The van der Waals surface area contributed by atoms with Crippen LogP contribution < -0.4 is 5.73 Å². The third kappa shape index (κ3) is 1.88. The second kappa shape index (κ2) is 3.57. The summed E-state index contributed by atoms with van der Waals surface area (Å²) in [4.78, 5) is 14.8. The van der Waals surface area contributed by atoms with Crippen LogP contribution in [0.5, 0.6) is 0 Å². The number of hydrogen-bond acceptors (Lipinski definition) is 3. The van der Waals surface area contributed by atoms with Crippen LogP contribution in [-0.4, -0.2) is 16.1 Å². The molecule has 1 aromatic carbocycles. The van der Waals surface area contributed by atoms with Gasteiger partial charge in [0.05, 0.1) is 23.8 Å². The van der Waals surface area contributed by atoms with E-state index in [9.17, 15) is 4.79 Å². The van der Waals surface area contributed by atoms with Crippen molar-refractivity contribution in [3.63, 3.8) is 0 Å². The lowest BCUT2D eigenvalue weighted by Crippen LogP contribution is -2.01. The highest BCUT2D eigenvalue weighted by Crippen LogP contribution is 2.18. The van der Waals surface area contributed by atoms with Crippen LogP contribution in [0.4, 0.5) is 5.69 Å². The van der Waals surface area contributed by atoms with E-state index in [2.05, 4.69) is 4.98 Å². The van der Waals surface area contributed by atoms with E-state index >= 15 is 0 Å². The number of anilines is 1. The van der Waals surface area contributed by atoms with Crippen molar-refractivity contribution < 1.29 is 9.90 Å². The predicted octanol–water partition coefficient (Wildman–Crippen LogP) is 1.44. The van der Waals surface area contributed by atoms with Crippen LogP contribution in [-0.2, 0) is 11.2 Å². The van der Waals surface area contributed by atoms with Gasteiger partial charge in [-0.15, -0.1) is 0 Å². The molecule has 0 spiro atoms. The molecule has 2 rings (SSSR count). The molecular formula is C11H10N2O2. The van der Waals surface area contributed by atoms with Crippen LogP contribution in [0.15, 0.2) is 30.5 Å². The van der Waals surface area contributed by atoms with Crippen LogP contribution in [0, 0.1) is 0 Å². The number of nitrogens with two attached hydrogens (primary N) is 1. The topological polar surface area (TPSA) is 76.2 Å². The minimum Gasteiger partial charge on any atom is -0.481 e. The quantitative estimate of drug-likeness (QED) is 0.772. The Kier molecular flexibility index (Phi) is 2.25. The van der Waals surface area contributed by atoms with E-state index in [0.717, 1.165) is 5.39 Å². The van der Waals surface area contributed by atoms with Crippen molar-refractivity contribution in [1.82, 2.24) is 4.98 Å². The van der Waals surface area contributed by atoms with Crippen molar-refractivity contribution in [2.45, 2.75) is 6.42 Å². The first-order valence-corrected chi connectivity index (χ1v) is 4.52. The van der Waals surface area contributed by atoms with Crippen LogP contribution in [0.25, 0.3) is 10.9 Å². The summed E-state index contributed by atoms with van der Waals surface area (Å²) in [7, 11) is 0. The minimum atomic E-state index is -0.860. The summed E-state index contributed by atoms with van der Waals surface area (Å²) in [6, 6.07) is 7.22. The molecule has 0 saturated heterocycles. The van der Waals surface area contributed by atoms with Gasteiger partial charge in [0.15, 0.2) is 0 Å². The first-order valence-electron chi connectivity index (χ1n) is 4.52. The monoisotopic (exact) mass is 202 g/mol. The number of carboxylic acid groups (broad SMARTS) is 1. The number of fused-ring (bicyclic) bond motifs is 1. The number of aromatic nitrogens is 1. The van der Waals surface area contributed by atoms with Gasteiger partial charge in [-0.25, -0.2) is 0 Å². The Balaban J connectivity index is 2.60. The molecule has 0 aliphatic heterocycles. The Morgan fingerprint density at radius 2 is 2.27 bits per heavy atom. The largest absolute Gasteiger partial charge is 0.481 e. The molecule has 0 bridgehead atoms. The first kappa shape index (κ1) is 9.45. The van der Waals surface area contributed by atoms with Gasteiger partial charge >= 0.3 is 5.97 Å². The van der Waals surface area contributed by atoms with Crippen molar-refractivity contribution in [3.05, 3.63) is 36.0 Å². The highest BCUT2D eigenvalue weighted by atomic mass is 16.4. The highest BCUT2D eigenvalue weighted by molar-refractivity contribution is 5.87. The van der Waals surface area contributed by atoms with Gasteiger partial charge in [-0.3, -0.25) is 9.78 Å². The fourth-order valence-electron chi connectivity index (χ4n) is 1.55. The van der Waals surface area contributed by atoms with E-state index in [4.69, 9.17) is 10.8 Å². The summed E-state index contributed by atoms with van der Waals surface area (Å²) >= 11 is 0. The third-order valence-electron chi connectivity index (χ3n) is 2.16. The first-order chi connectivity index (χ1) is 7.16. The standard InChI is InChI=1S/C11H10N2O2/c12-9-4-7-2-1-3-8(5-10(14)15)11(7)13-6-9/h1-4,6H,5,12H2,(H,14,15). The van der Waals surface area contributed by atoms with Crippen molar-refractivity contribution in [2.75, 3.05) is 5.73 Å². The Labute approximate surface area is 86.4 Å². The molecule has 0 saturated carbocycles. The van der Waals surface area contributed by atoms with Gasteiger partial charge in [-0.05, 0) is 11.6 Å². The Morgan fingerprint density at radius 3 is 3.00 bits per heavy atom. The molecular weight excluding hydrogens is 192 g/mol. The van der Waals surface area contributed by atoms with E-state index in [0.29, 0.717) is 16.8 Å². The maximum Gasteiger partial charge on any atom is 0.307 e. The number of pyridine rings is 1. The maximum absolute atomic E-state index is 10.6. The fourth-order valence-corrected chi connectivity index (χ4v) is 1.55. The molecule has 0 aliphatic carbocycles. The molecule has 4 heteroatoms. The molecule has 0 radical (unpaired) electrons. The van der Waals surface area contributed by atoms with Gasteiger partial charge in [0, 0.05) is 5.39 Å². The molecule has 1 aromatic heterocycles. The summed E-state index contributed by atoms with van der Waals surface area (Å²) in [5.41, 5.74) is 7.59. The van der Waals surface area contributed by atoms with Gasteiger partial charge in [-0.2, -0.15) is 0 Å². The number of hydrogen-bond donors (Lipinski definition) is 2. The summed E-state index contributed by atoms with van der Waals surface area (Å²) in [6.07, 6.45) is 1.52. The molecule has 3 N–H and O–H groups in total. The molecule has 0 atom stereocenters. The summed E-state index contributed by atoms with van der Waals surface area (Å²) in [5.74, 6) is -0.860. The summed E-state index contributed by atoms with van der Waals surface area (Å²) < 4.78 is 0. The van der Waals surface area contributed by atoms with Crippen LogP contribution >= 0.6 is 0 Å². The van der Waals surface area contributed by atoms with E-state index < -0.39 is 5.97 Å². The van der Waals surface area contributed by atoms with Gasteiger partial charge in [-0.1, -0.05) is 18.2 Å². The van der Waals surface area contributed by atoms with E-state index in [1.54, 1.807) is 12.1 Å². The minimum absolute atomic E-state index is 0.0196. The summed E-state index contributed by atoms with van der Waals surface area (Å²) in [6.45, 7) is 0. The Morgan fingerprint density at radius 1 is 1.47 bits per heavy atom. The smallest absolute Gasteiger partial charge is 0.307 e. The molecule has 1 heterocycles. The molecule has 2 aromatic rings. The van der Waals surface area contributed by atoms with Gasteiger partial charge in [0.25, 0.3) is 0 Å². The van der Waals surface area contributed by atoms with Crippen LogP contribution in [0.3, 0.4) is 0 Å². The molecule has 76 valence electrons. The Bertz CT molecular complexity index is 523. The fraction of sp³-hybridized carbons (Fsp3) is 0.0909. The van der Waals surface area contributed by atoms with Gasteiger partial charge < -0.3 is 10.8 Å². The number of aliphatic carboxylic acids is 1. The Hall–Kier alpha value is -2.10. The van der Waals surface area contributed by atoms with Crippen molar-refractivity contribution in [3.8, 4) is 0 Å². The second-order valence-electron chi connectivity index (χ2n) is 3.33. The lowest BCUT2D eigenvalue weighted by Gasteiger charge is -2.03. The zero-order valence-electron chi connectivity index (χ0n) is 7.97. The van der Waals surface area contributed by atoms with Crippen LogP contribution in [0.1, 0.15) is 5.56 Å². The molecule has 15 heavy (non-hydrogen) atoms. The predicted molar refractivity (Wildman–Crippen MR) is 57.5 cm³/mol. The lowest BCUT2D eigenvalue weighted by atomic mass is 10.1. The SMILES string of the molecule is Nc1cnc2c(CC(=O)O)cccc2c1. The van der Waals surface area contributed by atoms with Gasteiger partial charge in [0.2, 0.25) is 0 Å². The third-order valence-corrected chi connectivity index (χ3v) is 2.16. The molecule has 0 aliphatic rings. The molecule has 4 nitrogen and oxygen atoms in total. The lowest BCUT2D eigenvalue weighted by molar-refractivity contribution is -0.136. The molecule has 0 unspecified atom stereocenters. The number of carbonyl (C=O) groups is 1. The van der Waals surface area contributed by atoms with E-state index in [1.165, 1.54) is 6.20 Å². The number of rotatable bonds is 2. The number of nitrogen functional groups attached to an aromatic ring is 1. The zero-order chi connectivity index (χ0) is 10.8. The normalized spacial score (nSPS) is 10.4. The number of para-hydroxylation sites is 1. The molecule has 0 amide bonds. The average molecular weight is 202 g/mol. The molecule has 0 fully saturated rings. The van der Waals surface area contributed by atoms with Gasteiger partial charge in [0.1, 0.15) is 0 Å². The van der Waals surface area contributed by atoms with Crippen molar-refractivity contribution in [1.29, 1.82) is 0 Å². The van der Waals surface area contributed by atoms with Crippen molar-refractivity contribution in [2.24, 2.45) is 0 Å². The zero-order valence-corrected chi connectivity index (χ0v) is 7.97. The van der Waals surface area contributed by atoms with Crippen molar-refractivity contribution >= 4 is 22.6 Å². The number of carboxylic acids is 1. The van der Waals surface area contributed by atoms with E-state index in [1.807, 2.05) is 12.1 Å². The second-order valence-corrected chi connectivity index (χ2v) is 3.33. The maximum atomic E-state index is 10.6. The average Bonchev–Trinajstić information content (AvgIpc) is 2.16. The van der Waals surface area contributed by atoms with Crippen LogP contribution in [0.2, 0.25) is 0 Å². The summed E-state index contributed by atoms with van der Waals surface area (Å²) in [5, 5.41) is 9.60. The number of benzene rings is 1. The van der Waals surface area contributed by atoms with E-state index in [-0.39, 0.29) is 6.42 Å².